The van der Waals surface area contributed by atoms with Crippen LogP contribution in [0.3, 0.4) is 0 Å². The van der Waals surface area contributed by atoms with Crippen molar-refractivity contribution in [2.24, 2.45) is 0 Å². The highest BCUT2D eigenvalue weighted by atomic mass is 35.5. The minimum atomic E-state index is 0.124. The minimum absolute atomic E-state index is 0.124. The molecule has 0 atom stereocenters. The largest absolute Gasteiger partial charge is 0.339 e. The molecule has 1 saturated heterocycles. The van der Waals surface area contributed by atoms with Gasteiger partial charge in [-0.25, -0.2) is 0 Å². The molecule has 1 fully saturated rings. The van der Waals surface area contributed by atoms with Gasteiger partial charge in [0.2, 0.25) is 5.91 Å². The van der Waals surface area contributed by atoms with Gasteiger partial charge in [-0.15, -0.1) is 0 Å². The number of likely N-dealkylation sites (N-methyl/N-ethyl adjacent to an activating group) is 1. The molecule has 0 saturated carbocycles. The summed E-state index contributed by atoms with van der Waals surface area (Å²) in [4.78, 5) is 16.4. The number of amides is 1. The number of piperazine rings is 1. The highest BCUT2D eigenvalue weighted by Gasteiger charge is 2.19. The SMILES string of the molecule is Cc1cc2cn(CC(=O)N3CCN(C)CC3)nc2cc1Cl. The van der Waals surface area contributed by atoms with E-state index >= 15 is 0 Å². The van der Waals surface area contributed by atoms with Crippen LogP contribution in [-0.4, -0.2) is 58.7 Å². The molecule has 0 spiro atoms. The van der Waals surface area contributed by atoms with Gasteiger partial charge in [0.05, 0.1) is 5.52 Å². The first-order chi connectivity index (χ1) is 10.0. The van der Waals surface area contributed by atoms with Crippen molar-refractivity contribution < 1.29 is 4.79 Å². The normalized spacial score (nSPS) is 16.6. The van der Waals surface area contributed by atoms with Crippen LogP contribution in [0.5, 0.6) is 0 Å². The van der Waals surface area contributed by atoms with E-state index < -0.39 is 0 Å². The Labute approximate surface area is 129 Å². The van der Waals surface area contributed by atoms with Crippen LogP contribution in [0.25, 0.3) is 10.9 Å². The Balaban J connectivity index is 1.74. The van der Waals surface area contributed by atoms with E-state index in [9.17, 15) is 4.79 Å². The lowest BCUT2D eigenvalue weighted by atomic mass is 10.2. The van der Waals surface area contributed by atoms with Crippen molar-refractivity contribution in [3.05, 3.63) is 28.9 Å². The van der Waals surface area contributed by atoms with Crippen molar-refractivity contribution in [3.8, 4) is 0 Å². The second-order valence-corrected chi connectivity index (χ2v) is 6.08. The molecule has 1 aliphatic heterocycles. The topological polar surface area (TPSA) is 41.4 Å². The van der Waals surface area contributed by atoms with E-state index in [2.05, 4.69) is 17.0 Å². The molecule has 0 N–H and O–H groups in total. The standard InChI is InChI=1S/C15H19ClN4O/c1-11-7-12-9-20(17-14(12)8-13(11)16)10-15(21)19-5-3-18(2)4-6-19/h7-9H,3-6,10H2,1-2H3. The third-order valence-corrected chi connectivity index (χ3v) is 4.39. The molecule has 3 rings (SSSR count). The van der Waals surface area contributed by atoms with Gasteiger partial charge in [-0.05, 0) is 31.7 Å². The number of nitrogens with zero attached hydrogens (tertiary/aromatic N) is 4. The average molecular weight is 307 g/mol. The predicted octanol–water partition coefficient (Wildman–Crippen LogP) is 1.77. The van der Waals surface area contributed by atoms with E-state index in [1.54, 1.807) is 4.68 Å². The fourth-order valence-corrected chi connectivity index (χ4v) is 2.74. The second kappa shape index (κ2) is 5.66. The van der Waals surface area contributed by atoms with E-state index in [1.807, 2.05) is 30.2 Å². The number of hydrogen-bond donors (Lipinski definition) is 0. The summed E-state index contributed by atoms with van der Waals surface area (Å²) in [5, 5.41) is 6.16. The first-order valence-electron chi connectivity index (χ1n) is 7.12. The number of carbonyl (C=O) groups excluding carboxylic acids is 1. The van der Waals surface area contributed by atoms with Crippen molar-refractivity contribution >= 4 is 28.4 Å². The van der Waals surface area contributed by atoms with Gasteiger partial charge in [-0.1, -0.05) is 11.6 Å². The molecule has 2 heterocycles. The van der Waals surface area contributed by atoms with Crippen LogP contribution in [-0.2, 0) is 11.3 Å². The average Bonchev–Trinajstić information content (AvgIpc) is 2.81. The number of hydrogen-bond acceptors (Lipinski definition) is 3. The third kappa shape index (κ3) is 3.04. The molecule has 6 heteroatoms. The molecule has 112 valence electrons. The molecule has 0 unspecified atom stereocenters. The molecule has 2 aromatic rings. The predicted molar refractivity (Wildman–Crippen MR) is 83.6 cm³/mol. The third-order valence-electron chi connectivity index (χ3n) is 3.99. The van der Waals surface area contributed by atoms with Gasteiger partial charge in [0, 0.05) is 42.8 Å². The van der Waals surface area contributed by atoms with E-state index in [0.29, 0.717) is 5.02 Å². The molecule has 1 aromatic heterocycles. The van der Waals surface area contributed by atoms with Crippen LogP contribution in [0.2, 0.25) is 5.02 Å². The lowest BCUT2D eigenvalue weighted by Gasteiger charge is -2.32. The number of benzene rings is 1. The van der Waals surface area contributed by atoms with E-state index in [-0.39, 0.29) is 12.5 Å². The van der Waals surface area contributed by atoms with E-state index in [0.717, 1.165) is 42.6 Å². The van der Waals surface area contributed by atoms with Gasteiger partial charge in [0.25, 0.3) is 0 Å². The Kier molecular flexibility index (Phi) is 3.87. The minimum Gasteiger partial charge on any atom is -0.339 e. The Bertz CT molecular complexity index is 635. The highest BCUT2D eigenvalue weighted by Crippen LogP contribution is 2.22. The molecule has 1 aromatic carbocycles. The van der Waals surface area contributed by atoms with Crippen molar-refractivity contribution in [1.82, 2.24) is 19.6 Å². The van der Waals surface area contributed by atoms with Gasteiger partial charge in [0.1, 0.15) is 6.54 Å². The Morgan fingerprint density at radius 2 is 2.00 bits per heavy atom. The lowest BCUT2D eigenvalue weighted by Crippen LogP contribution is -2.48. The quantitative estimate of drug-likeness (QED) is 0.849. The number of rotatable bonds is 2. The summed E-state index contributed by atoms with van der Waals surface area (Å²) in [6.07, 6.45) is 1.91. The van der Waals surface area contributed by atoms with Crippen LogP contribution in [0.15, 0.2) is 18.3 Å². The first-order valence-corrected chi connectivity index (χ1v) is 7.50. The van der Waals surface area contributed by atoms with Crippen molar-refractivity contribution in [2.45, 2.75) is 13.5 Å². The Hall–Kier alpha value is -1.59. The smallest absolute Gasteiger partial charge is 0.244 e. The molecule has 0 radical (unpaired) electrons. The summed E-state index contributed by atoms with van der Waals surface area (Å²) < 4.78 is 1.71. The summed E-state index contributed by atoms with van der Waals surface area (Å²) in [7, 11) is 2.08. The van der Waals surface area contributed by atoms with Crippen LogP contribution >= 0.6 is 11.6 Å². The van der Waals surface area contributed by atoms with E-state index in [1.165, 1.54) is 0 Å². The second-order valence-electron chi connectivity index (χ2n) is 5.67. The van der Waals surface area contributed by atoms with Gasteiger partial charge >= 0.3 is 0 Å². The summed E-state index contributed by atoms with van der Waals surface area (Å²) >= 11 is 6.11. The fraction of sp³-hybridized carbons (Fsp3) is 0.467. The van der Waals surface area contributed by atoms with Crippen molar-refractivity contribution in [1.29, 1.82) is 0 Å². The summed E-state index contributed by atoms with van der Waals surface area (Å²) in [5.74, 6) is 0.124. The molecule has 1 amide bonds. The highest BCUT2D eigenvalue weighted by molar-refractivity contribution is 6.32. The summed E-state index contributed by atoms with van der Waals surface area (Å²) in [6.45, 7) is 5.70. The zero-order valence-corrected chi connectivity index (χ0v) is 13.1. The molecule has 5 nitrogen and oxygen atoms in total. The number of halogens is 1. The van der Waals surface area contributed by atoms with E-state index in [4.69, 9.17) is 11.6 Å². The summed E-state index contributed by atoms with van der Waals surface area (Å²) in [5.41, 5.74) is 1.85. The Morgan fingerprint density at radius 3 is 2.71 bits per heavy atom. The maximum Gasteiger partial charge on any atom is 0.244 e. The van der Waals surface area contributed by atoms with Crippen LogP contribution < -0.4 is 0 Å². The molecule has 1 aliphatic rings. The maximum absolute atomic E-state index is 12.3. The number of carbonyl (C=O) groups is 1. The number of aromatic nitrogens is 2. The summed E-state index contributed by atoms with van der Waals surface area (Å²) in [6, 6.07) is 3.85. The molecule has 21 heavy (non-hydrogen) atoms. The van der Waals surface area contributed by atoms with Crippen LogP contribution in [0.4, 0.5) is 0 Å². The first kappa shape index (κ1) is 14.4. The molecule has 0 aliphatic carbocycles. The zero-order valence-electron chi connectivity index (χ0n) is 12.3. The van der Waals surface area contributed by atoms with Crippen molar-refractivity contribution in [3.63, 3.8) is 0 Å². The van der Waals surface area contributed by atoms with Crippen LogP contribution in [0.1, 0.15) is 5.56 Å². The van der Waals surface area contributed by atoms with Gasteiger partial charge in [-0.3, -0.25) is 9.48 Å². The lowest BCUT2D eigenvalue weighted by molar-refractivity contribution is -0.133. The van der Waals surface area contributed by atoms with Gasteiger partial charge < -0.3 is 9.80 Å². The monoisotopic (exact) mass is 306 g/mol. The molecular formula is C15H19ClN4O. The Morgan fingerprint density at radius 1 is 1.29 bits per heavy atom. The number of fused-ring (bicyclic) bond motifs is 1. The van der Waals surface area contributed by atoms with Crippen LogP contribution in [0, 0.1) is 6.92 Å². The van der Waals surface area contributed by atoms with Gasteiger partial charge in [-0.2, -0.15) is 5.10 Å². The maximum atomic E-state index is 12.3. The molecular weight excluding hydrogens is 288 g/mol. The zero-order chi connectivity index (χ0) is 15.0. The fourth-order valence-electron chi connectivity index (χ4n) is 2.59. The van der Waals surface area contributed by atoms with Gasteiger partial charge in [0.15, 0.2) is 0 Å². The number of aryl methyl sites for hydroxylation is 1. The molecule has 0 bridgehead atoms. The van der Waals surface area contributed by atoms with Crippen molar-refractivity contribution in [2.75, 3.05) is 33.2 Å².